The van der Waals surface area contributed by atoms with E-state index in [-0.39, 0.29) is 12.8 Å². The van der Waals surface area contributed by atoms with Gasteiger partial charge in [0.15, 0.2) is 0 Å². The molecule has 0 bridgehead atoms. The normalized spacial score (nSPS) is 15.5. The van der Waals surface area contributed by atoms with Crippen molar-refractivity contribution in [1.29, 1.82) is 0 Å². The number of alkyl carbamates (subject to hydrolysis) is 2. The van der Waals surface area contributed by atoms with Crippen LogP contribution < -0.4 is 10.6 Å². The van der Waals surface area contributed by atoms with E-state index in [1.165, 1.54) is 0 Å². The van der Waals surface area contributed by atoms with Crippen molar-refractivity contribution >= 4 is 24.1 Å². The number of hydrogen-bond acceptors (Lipinski definition) is 12. The minimum absolute atomic E-state index is 0.0261. The zero-order valence-corrected chi connectivity index (χ0v) is 28.1. The van der Waals surface area contributed by atoms with Gasteiger partial charge in [-0.2, -0.15) is 0 Å². The Morgan fingerprint density at radius 1 is 0.583 bits per heavy atom. The van der Waals surface area contributed by atoms with E-state index in [0.717, 1.165) is 0 Å². The van der Waals surface area contributed by atoms with Gasteiger partial charge in [-0.15, -0.1) is 0 Å². The lowest BCUT2D eigenvalue weighted by atomic mass is 10.0. The van der Waals surface area contributed by atoms with Gasteiger partial charge >= 0.3 is 24.1 Å². The Morgan fingerprint density at radius 3 is 1.19 bits per heavy atom. The summed E-state index contributed by atoms with van der Waals surface area (Å²) < 4.78 is 20.7. The van der Waals surface area contributed by atoms with Crippen LogP contribution in [-0.4, -0.2) is 105 Å². The third kappa shape index (κ3) is 15.1. The van der Waals surface area contributed by atoms with Crippen LogP contribution in [0, 0.1) is 0 Å². The zero-order valence-electron chi connectivity index (χ0n) is 28.1. The van der Waals surface area contributed by atoms with E-state index in [9.17, 15) is 39.6 Å². The number of hydrogen-bond donors (Lipinski definition) is 6. The number of aliphatic hydroxyl groups is 4. The summed E-state index contributed by atoms with van der Waals surface area (Å²) in [5.74, 6) is -1.91. The molecular weight excluding hydrogens is 628 g/mol. The molecule has 0 fully saturated rings. The second-order valence-electron chi connectivity index (χ2n) is 13.2. The molecule has 0 aromatic heterocycles. The molecule has 2 aromatic rings. The molecule has 0 aliphatic heterocycles. The number of ether oxygens (including phenoxy) is 4. The highest BCUT2D eigenvalue weighted by Crippen LogP contribution is 2.13. The summed E-state index contributed by atoms with van der Waals surface area (Å²) in [6, 6.07) is 15.0. The van der Waals surface area contributed by atoms with Gasteiger partial charge in [-0.3, -0.25) is 0 Å². The predicted molar refractivity (Wildman–Crippen MR) is 173 cm³/mol. The van der Waals surface area contributed by atoms with E-state index in [0.29, 0.717) is 11.1 Å². The standard InChI is InChI=1S/C34H48N2O12/c1-33(2,3)47-31(43)35-23(17-21-13-9-7-10-14-21)29(41)45-19-25(37)27(39)28(40)26(38)20-46-30(42)24(18-22-15-11-8-12-16-22)36-32(44)48-34(4,5)6/h7-16,23-28,37-40H,17-20H2,1-6H3,(H,35,43)(H,36,44)/t23-,24-,25-,26+,27+,28+/m0/s1. The third-order valence-electron chi connectivity index (χ3n) is 6.45. The molecule has 0 unspecified atom stereocenters. The molecule has 2 rings (SSSR count). The summed E-state index contributed by atoms with van der Waals surface area (Å²) in [7, 11) is 0. The maximum atomic E-state index is 12.9. The lowest BCUT2D eigenvalue weighted by Crippen LogP contribution is -2.50. The molecule has 266 valence electrons. The van der Waals surface area contributed by atoms with Crippen LogP contribution in [0.1, 0.15) is 52.7 Å². The molecular formula is C34H48N2O12. The van der Waals surface area contributed by atoms with Gasteiger partial charge in [0.2, 0.25) is 0 Å². The van der Waals surface area contributed by atoms with Crippen LogP contribution in [-0.2, 0) is 41.4 Å². The van der Waals surface area contributed by atoms with Crippen molar-refractivity contribution in [3.8, 4) is 0 Å². The van der Waals surface area contributed by atoms with Crippen molar-refractivity contribution in [2.24, 2.45) is 0 Å². The summed E-state index contributed by atoms with van der Waals surface area (Å²) >= 11 is 0. The smallest absolute Gasteiger partial charge is 0.408 e. The molecule has 14 nitrogen and oxygen atoms in total. The van der Waals surface area contributed by atoms with E-state index in [4.69, 9.17) is 18.9 Å². The highest BCUT2D eigenvalue weighted by atomic mass is 16.6. The van der Waals surface area contributed by atoms with Crippen molar-refractivity contribution in [2.45, 2.75) is 102 Å². The highest BCUT2D eigenvalue weighted by molar-refractivity contribution is 5.82. The van der Waals surface area contributed by atoms with Gasteiger partial charge in [0.05, 0.1) is 0 Å². The van der Waals surface area contributed by atoms with Crippen LogP contribution in [0.4, 0.5) is 9.59 Å². The first kappa shape index (κ1) is 39.9. The first-order valence-corrected chi connectivity index (χ1v) is 15.5. The molecule has 0 heterocycles. The van der Waals surface area contributed by atoms with Crippen LogP contribution in [0.2, 0.25) is 0 Å². The van der Waals surface area contributed by atoms with E-state index >= 15 is 0 Å². The number of nitrogens with one attached hydrogen (secondary N) is 2. The first-order chi connectivity index (χ1) is 22.3. The Hall–Kier alpha value is -4.24. The number of rotatable bonds is 15. The molecule has 0 aliphatic carbocycles. The summed E-state index contributed by atoms with van der Waals surface area (Å²) in [5.41, 5.74) is -0.296. The average molecular weight is 677 g/mol. The van der Waals surface area contributed by atoms with Crippen LogP contribution in [0.15, 0.2) is 60.7 Å². The molecule has 48 heavy (non-hydrogen) atoms. The molecule has 2 amide bonds. The molecule has 2 aromatic carbocycles. The van der Waals surface area contributed by atoms with Gasteiger partial charge in [-0.05, 0) is 52.7 Å². The molecule has 0 spiro atoms. The molecule has 6 N–H and O–H groups in total. The summed E-state index contributed by atoms with van der Waals surface area (Å²) in [4.78, 5) is 50.6. The Labute approximate surface area is 280 Å². The SMILES string of the molecule is CC(C)(C)OC(=O)N[C@@H](Cc1ccccc1)C(=O)OC[C@@H](O)[C@@H](O)[C@H](O)[C@@H](O)COC(=O)[C@H](Cc1ccccc1)NC(=O)OC(C)(C)C. The highest BCUT2D eigenvalue weighted by Gasteiger charge is 2.34. The summed E-state index contributed by atoms with van der Waals surface area (Å²) in [6.07, 6.45) is -9.55. The predicted octanol–water partition coefficient (Wildman–Crippen LogP) is 1.79. The number of esters is 2. The molecule has 0 saturated carbocycles. The molecule has 14 heteroatoms. The van der Waals surface area contributed by atoms with Crippen molar-refractivity contribution in [2.75, 3.05) is 13.2 Å². The Bertz CT molecular complexity index is 1210. The zero-order chi connectivity index (χ0) is 36.1. The van der Waals surface area contributed by atoms with E-state index in [2.05, 4.69) is 10.6 Å². The fourth-order valence-electron chi connectivity index (χ4n) is 4.17. The largest absolute Gasteiger partial charge is 0.461 e. The first-order valence-electron chi connectivity index (χ1n) is 15.5. The van der Waals surface area contributed by atoms with Crippen molar-refractivity contribution in [3.63, 3.8) is 0 Å². The maximum absolute atomic E-state index is 12.9. The maximum Gasteiger partial charge on any atom is 0.408 e. The second kappa shape index (κ2) is 18.3. The number of carbonyl (C=O) groups is 4. The Kier molecular flexibility index (Phi) is 15.3. The fraction of sp³-hybridized carbons (Fsp3) is 0.529. The molecule has 0 aliphatic rings. The van der Waals surface area contributed by atoms with Crippen LogP contribution in [0.5, 0.6) is 0 Å². The van der Waals surface area contributed by atoms with Gasteiger partial charge < -0.3 is 50.0 Å². The van der Waals surface area contributed by atoms with Gasteiger partial charge in [0.1, 0.15) is 60.9 Å². The molecule has 6 atom stereocenters. The minimum Gasteiger partial charge on any atom is -0.461 e. The fourth-order valence-corrected chi connectivity index (χ4v) is 4.17. The van der Waals surface area contributed by atoms with Crippen molar-refractivity contribution in [1.82, 2.24) is 10.6 Å². The second-order valence-corrected chi connectivity index (χ2v) is 13.2. The van der Waals surface area contributed by atoms with Gasteiger partial charge in [0, 0.05) is 12.8 Å². The Balaban J connectivity index is 1.98. The van der Waals surface area contributed by atoms with Crippen molar-refractivity contribution < 1.29 is 58.6 Å². The molecule has 0 saturated heterocycles. The monoisotopic (exact) mass is 676 g/mol. The summed E-state index contributed by atoms with van der Waals surface area (Å²) in [5, 5.41) is 46.7. The number of amides is 2. The van der Waals surface area contributed by atoms with Crippen LogP contribution in [0.3, 0.4) is 0 Å². The number of aliphatic hydroxyl groups excluding tert-OH is 4. The van der Waals surface area contributed by atoms with E-state index in [1.54, 1.807) is 102 Å². The topological polar surface area (TPSA) is 210 Å². The lowest BCUT2D eigenvalue weighted by Gasteiger charge is -2.27. The van der Waals surface area contributed by atoms with Crippen LogP contribution in [0.25, 0.3) is 0 Å². The molecule has 0 radical (unpaired) electrons. The van der Waals surface area contributed by atoms with Gasteiger partial charge in [-0.25, -0.2) is 19.2 Å². The average Bonchev–Trinajstić information content (AvgIpc) is 2.99. The van der Waals surface area contributed by atoms with Crippen LogP contribution >= 0.6 is 0 Å². The van der Waals surface area contributed by atoms with E-state index < -0.39 is 85.0 Å². The van der Waals surface area contributed by atoms with Gasteiger partial charge in [-0.1, -0.05) is 60.7 Å². The Morgan fingerprint density at radius 2 is 0.896 bits per heavy atom. The third-order valence-corrected chi connectivity index (χ3v) is 6.45. The quantitative estimate of drug-likeness (QED) is 0.118. The number of benzene rings is 2. The lowest BCUT2D eigenvalue weighted by molar-refractivity contribution is -0.164. The van der Waals surface area contributed by atoms with Gasteiger partial charge in [0.25, 0.3) is 0 Å². The van der Waals surface area contributed by atoms with Crippen molar-refractivity contribution in [3.05, 3.63) is 71.8 Å². The minimum atomic E-state index is -2.04. The van der Waals surface area contributed by atoms with E-state index in [1.807, 2.05) is 0 Å². The summed E-state index contributed by atoms with van der Waals surface area (Å²) in [6.45, 7) is 8.28. The number of carbonyl (C=O) groups excluding carboxylic acids is 4.